The van der Waals surface area contributed by atoms with E-state index in [0.29, 0.717) is 24.7 Å². The summed E-state index contributed by atoms with van der Waals surface area (Å²) in [6.45, 7) is 8.42. The first-order valence-corrected chi connectivity index (χ1v) is 8.78. The third-order valence-corrected chi connectivity index (χ3v) is 5.88. The van der Waals surface area contributed by atoms with Crippen molar-refractivity contribution in [2.45, 2.75) is 37.8 Å². The number of hydrogen-bond donors (Lipinski definition) is 1. The first-order valence-electron chi connectivity index (χ1n) is 7.34. The van der Waals surface area contributed by atoms with E-state index in [-0.39, 0.29) is 4.90 Å². The molecule has 5 nitrogen and oxygen atoms in total. The fourth-order valence-electron chi connectivity index (χ4n) is 2.54. The molecule has 0 radical (unpaired) electrons. The maximum Gasteiger partial charge on any atom is 0.243 e. The van der Waals surface area contributed by atoms with E-state index in [2.05, 4.69) is 18.7 Å². The van der Waals surface area contributed by atoms with Crippen molar-refractivity contribution in [3.63, 3.8) is 0 Å². The van der Waals surface area contributed by atoms with Crippen LogP contribution < -0.4 is 0 Å². The van der Waals surface area contributed by atoms with Crippen molar-refractivity contribution in [2.24, 2.45) is 0 Å². The maximum absolute atomic E-state index is 12.7. The fraction of sp³-hybridized carbons (Fsp3) is 0.600. The summed E-state index contributed by atoms with van der Waals surface area (Å²) in [5.74, 6) is 0. The Bertz CT molecular complexity index is 576. The van der Waals surface area contributed by atoms with Crippen LogP contribution in [-0.4, -0.2) is 55.0 Å². The number of benzene rings is 1. The van der Waals surface area contributed by atoms with Crippen LogP contribution in [0.2, 0.25) is 0 Å². The van der Waals surface area contributed by atoms with Crippen molar-refractivity contribution in [1.82, 2.24) is 9.21 Å². The highest BCUT2D eigenvalue weighted by Gasteiger charge is 2.29. The predicted molar refractivity (Wildman–Crippen MR) is 82.5 cm³/mol. The van der Waals surface area contributed by atoms with Crippen LogP contribution in [0.3, 0.4) is 0 Å². The van der Waals surface area contributed by atoms with Crippen LogP contribution in [-0.2, 0) is 10.0 Å². The second-order valence-corrected chi connectivity index (χ2v) is 7.72. The van der Waals surface area contributed by atoms with Crippen molar-refractivity contribution in [1.29, 1.82) is 0 Å². The van der Waals surface area contributed by atoms with Gasteiger partial charge in [-0.15, -0.1) is 0 Å². The highest BCUT2D eigenvalue weighted by Crippen LogP contribution is 2.22. The molecular weight excluding hydrogens is 288 g/mol. The van der Waals surface area contributed by atoms with Gasteiger partial charge in [0.1, 0.15) is 0 Å². The first kappa shape index (κ1) is 16.4. The maximum atomic E-state index is 12.7. The summed E-state index contributed by atoms with van der Waals surface area (Å²) in [4.78, 5) is 2.54. The van der Waals surface area contributed by atoms with Gasteiger partial charge in [-0.05, 0) is 38.5 Å². The third-order valence-electron chi connectivity index (χ3n) is 3.98. The Hall–Kier alpha value is -0.950. The summed E-state index contributed by atoms with van der Waals surface area (Å²) in [5, 5.41) is 9.60. The van der Waals surface area contributed by atoms with E-state index in [1.807, 2.05) is 0 Å². The Labute approximate surface area is 127 Å². The fourth-order valence-corrected chi connectivity index (χ4v) is 4.02. The number of rotatable bonds is 4. The molecule has 1 unspecified atom stereocenters. The number of hydrogen-bond acceptors (Lipinski definition) is 4. The zero-order valence-electron chi connectivity index (χ0n) is 12.9. The minimum atomic E-state index is -3.47. The molecule has 0 amide bonds. The van der Waals surface area contributed by atoms with E-state index in [4.69, 9.17) is 0 Å². The van der Waals surface area contributed by atoms with Crippen LogP contribution in [0.25, 0.3) is 0 Å². The number of aliphatic hydroxyl groups excluding tert-OH is 1. The topological polar surface area (TPSA) is 60.9 Å². The van der Waals surface area contributed by atoms with Gasteiger partial charge >= 0.3 is 0 Å². The average molecular weight is 312 g/mol. The molecule has 1 N–H and O–H groups in total. The minimum Gasteiger partial charge on any atom is -0.389 e. The van der Waals surface area contributed by atoms with E-state index in [1.165, 1.54) is 4.31 Å². The van der Waals surface area contributed by atoms with Gasteiger partial charge in [0, 0.05) is 32.2 Å². The highest BCUT2D eigenvalue weighted by atomic mass is 32.2. The van der Waals surface area contributed by atoms with E-state index in [0.717, 1.165) is 13.1 Å². The van der Waals surface area contributed by atoms with Crippen LogP contribution in [0.5, 0.6) is 0 Å². The summed E-state index contributed by atoms with van der Waals surface area (Å²) in [6, 6.07) is 7.01. The normalized spacial score (nSPS) is 19.9. The molecule has 1 fully saturated rings. The lowest BCUT2D eigenvalue weighted by atomic mass is 10.1. The molecule has 0 aliphatic carbocycles. The van der Waals surface area contributed by atoms with Crippen LogP contribution in [0.4, 0.5) is 0 Å². The van der Waals surface area contributed by atoms with Gasteiger partial charge in [-0.1, -0.05) is 12.1 Å². The summed E-state index contributed by atoms with van der Waals surface area (Å²) < 4.78 is 26.9. The summed E-state index contributed by atoms with van der Waals surface area (Å²) in [7, 11) is -3.47. The molecule has 21 heavy (non-hydrogen) atoms. The van der Waals surface area contributed by atoms with Gasteiger partial charge in [0.15, 0.2) is 0 Å². The van der Waals surface area contributed by atoms with Crippen molar-refractivity contribution < 1.29 is 13.5 Å². The molecule has 0 aromatic heterocycles. The monoisotopic (exact) mass is 312 g/mol. The third kappa shape index (κ3) is 3.63. The first-order chi connectivity index (χ1) is 9.82. The molecule has 6 heteroatoms. The molecule has 1 saturated heterocycles. The number of piperazine rings is 1. The zero-order valence-corrected chi connectivity index (χ0v) is 13.7. The van der Waals surface area contributed by atoms with Crippen molar-refractivity contribution in [2.75, 3.05) is 26.2 Å². The van der Waals surface area contributed by atoms with Crippen LogP contribution in [0.15, 0.2) is 29.2 Å². The van der Waals surface area contributed by atoms with Gasteiger partial charge in [-0.3, -0.25) is 4.90 Å². The molecule has 0 bridgehead atoms. The zero-order chi connectivity index (χ0) is 15.6. The van der Waals surface area contributed by atoms with E-state index >= 15 is 0 Å². The Kier molecular flexibility index (Phi) is 5.03. The van der Waals surface area contributed by atoms with Gasteiger partial charge in [0.05, 0.1) is 11.0 Å². The highest BCUT2D eigenvalue weighted by molar-refractivity contribution is 7.89. The quantitative estimate of drug-likeness (QED) is 0.914. The standard InChI is InChI=1S/C15H24N2O3S/c1-12(2)16-7-9-17(10-8-16)21(19,20)15-6-4-5-14(11-15)13(3)18/h4-6,11-13,18H,7-10H2,1-3H3. The lowest BCUT2D eigenvalue weighted by Gasteiger charge is -2.36. The largest absolute Gasteiger partial charge is 0.389 e. The van der Waals surface area contributed by atoms with E-state index < -0.39 is 16.1 Å². The molecule has 1 heterocycles. The molecule has 0 saturated carbocycles. The van der Waals surface area contributed by atoms with Gasteiger partial charge in [0.2, 0.25) is 10.0 Å². The van der Waals surface area contributed by atoms with Gasteiger partial charge in [-0.2, -0.15) is 4.31 Å². The lowest BCUT2D eigenvalue weighted by Crippen LogP contribution is -2.50. The number of sulfonamides is 1. The molecule has 2 rings (SSSR count). The van der Waals surface area contributed by atoms with E-state index in [1.54, 1.807) is 31.2 Å². The molecular formula is C15H24N2O3S. The number of aliphatic hydroxyl groups is 1. The van der Waals surface area contributed by atoms with Crippen LogP contribution in [0, 0.1) is 0 Å². The Morgan fingerprint density at radius 1 is 1.10 bits per heavy atom. The number of nitrogens with zero attached hydrogens (tertiary/aromatic N) is 2. The average Bonchev–Trinajstić information content (AvgIpc) is 2.47. The summed E-state index contributed by atoms with van der Waals surface area (Å²) >= 11 is 0. The molecule has 0 spiro atoms. The van der Waals surface area contributed by atoms with Crippen LogP contribution >= 0.6 is 0 Å². The predicted octanol–water partition coefficient (Wildman–Crippen LogP) is 1.45. The minimum absolute atomic E-state index is 0.263. The van der Waals surface area contributed by atoms with Gasteiger partial charge < -0.3 is 5.11 Å². The molecule has 1 atom stereocenters. The Morgan fingerprint density at radius 2 is 1.71 bits per heavy atom. The molecule has 1 aliphatic heterocycles. The van der Waals surface area contributed by atoms with Gasteiger partial charge in [0.25, 0.3) is 0 Å². The smallest absolute Gasteiger partial charge is 0.243 e. The van der Waals surface area contributed by atoms with Crippen molar-refractivity contribution in [3.8, 4) is 0 Å². The summed E-state index contributed by atoms with van der Waals surface area (Å²) in [6.07, 6.45) is -0.669. The Morgan fingerprint density at radius 3 is 2.24 bits per heavy atom. The lowest BCUT2D eigenvalue weighted by molar-refractivity contribution is 0.154. The molecule has 118 valence electrons. The van der Waals surface area contributed by atoms with Gasteiger partial charge in [-0.25, -0.2) is 8.42 Å². The van der Waals surface area contributed by atoms with Crippen molar-refractivity contribution in [3.05, 3.63) is 29.8 Å². The molecule has 1 aromatic carbocycles. The van der Waals surface area contributed by atoms with Crippen LogP contribution in [0.1, 0.15) is 32.4 Å². The molecule has 1 aromatic rings. The summed E-state index contributed by atoms with van der Waals surface area (Å²) in [5.41, 5.74) is 0.622. The molecule has 1 aliphatic rings. The van der Waals surface area contributed by atoms with E-state index in [9.17, 15) is 13.5 Å². The van der Waals surface area contributed by atoms with Crippen molar-refractivity contribution >= 4 is 10.0 Å². The second kappa shape index (κ2) is 6.44. The SMILES string of the molecule is CC(O)c1cccc(S(=O)(=O)N2CCN(C(C)C)CC2)c1. The Balaban J connectivity index is 2.18. The second-order valence-electron chi connectivity index (χ2n) is 5.78.